The van der Waals surface area contributed by atoms with Crippen LogP contribution in [-0.4, -0.2) is 29.7 Å². The van der Waals surface area contributed by atoms with Crippen LogP contribution in [0.5, 0.6) is 0 Å². The highest BCUT2D eigenvalue weighted by atomic mass is 16.4. The van der Waals surface area contributed by atoms with Gasteiger partial charge in [0.05, 0.1) is 0 Å². The van der Waals surface area contributed by atoms with Crippen molar-refractivity contribution in [2.24, 2.45) is 0 Å². The van der Waals surface area contributed by atoms with Gasteiger partial charge in [-0.25, -0.2) is 0 Å². The molecule has 0 saturated carbocycles. The maximum atomic E-state index is 11.5. The summed E-state index contributed by atoms with van der Waals surface area (Å²) in [6.07, 6.45) is 1.43. The Bertz CT molecular complexity index is 657. The molecule has 0 amide bonds. The van der Waals surface area contributed by atoms with E-state index < -0.39 is 12.0 Å². The van der Waals surface area contributed by atoms with Crippen LogP contribution in [0.3, 0.4) is 0 Å². The highest BCUT2D eigenvalue weighted by Gasteiger charge is 2.22. The van der Waals surface area contributed by atoms with E-state index in [1.165, 1.54) is 11.1 Å². The summed E-state index contributed by atoms with van der Waals surface area (Å²) in [5.41, 5.74) is 3.73. The van der Waals surface area contributed by atoms with Crippen LogP contribution < -0.4 is 10.6 Å². The highest BCUT2D eigenvalue weighted by molar-refractivity contribution is 5.73. The van der Waals surface area contributed by atoms with Crippen molar-refractivity contribution in [3.05, 3.63) is 71.3 Å². The summed E-state index contributed by atoms with van der Waals surface area (Å²) in [4.78, 5) is 11.5. The summed E-state index contributed by atoms with van der Waals surface area (Å²) in [5, 5.41) is 16.1. The van der Waals surface area contributed by atoms with E-state index in [0.29, 0.717) is 13.0 Å². The maximum absolute atomic E-state index is 11.5. The second-order valence-corrected chi connectivity index (χ2v) is 6.04. The van der Waals surface area contributed by atoms with Crippen LogP contribution in [0.4, 0.5) is 0 Å². The van der Waals surface area contributed by atoms with E-state index in [-0.39, 0.29) is 6.04 Å². The standard InChI is InChI=1S/C19H22N2O2/c22-19(23)18(10-14-6-2-1-3-7-14)21-13-17-11-15-8-4-5-9-16(15)12-20-17/h1-9,17-18,20-21H,10-13H2,(H,22,23)/t17-,18-/m0/s1. The molecule has 0 aromatic heterocycles. The number of carbonyl (C=O) groups is 1. The summed E-state index contributed by atoms with van der Waals surface area (Å²) in [7, 11) is 0. The van der Waals surface area contributed by atoms with Gasteiger partial charge in [0.25, 0.3) is 0 Å². The lowest BCUT2D eigenvalue weighted by Gasteiger charge is -2.27. The van der Waals surface area contributed by atoms with Crippen molar-refractivity contribution in [1.82, 2.24) is 10.6 Å². The summed E-state index contributed by atoms with van der Waals surface area (Å²) >= 11 is 0. The lowest BCUT2D eigenvalue weighted by molar-refractivity contribution is -0.139. The molecule has 23 heavy (non-hydrogen) atoms. The number of benzene rings is 2. The van der Waals surface area contributed by atoms with Gasteiger partial charge < -0.3 is 15.7 Å². The van der Waals surface area contributed by atoms with Gasteiger partial charge in [-0.05, 0) is 29.5 Å². The van der Waals surface area contributed by atoms with Gasteiger partial charge >= 0.3 is 5.97 Å². The number of hydrogen-bond acceptors (Lipinski definition) is 3. The largest absolute Gasteiger partial charge is 0.480 e. The number of aliphatic carboxylic acids is 1. The SMILES string of the molecule is O=C(O)[C@H](Cc1ccccc1)NC[C@@H]1Cc2ccccc2CN1. The molecule has 1 heterocycles. The molecule has 2 aromatic carbocycles. The van der Waals surface area contributed by atoms with E-state index in [1.807, 2.05) is 30.3 Å². The Kier molecular flexibility index (Phi) is 5.05. The van der Waals surface area contributed by atoms with Gasteiger partial charge in [-0.2, -0.15) is 0 Å². The van der Waals surface area contributed by atoms with E-state index in [1.54, 1.807) is 0 Å². The van der Waals surface area contributed by atoms with E-state index >= 15 is 0 Å². The predicted molar refractivity (Wildman–Crippen MR) is 90.3 cm³/mol. The fraction of sp³-hybridized carbons (Fsp3) is 0.316. The van der Waals surface area contributed by atoms with Gasteiger partial charge in [0.1, 0.15) is 6.04 Å². The van der Waals surface area contributed by atoms with Crippen molar-refractivity contribution in [1.29, 1.82) is 0 Å². The Labute approximate surface area is 136 Å². The van der Waals surface area contributed by atoms with Crippen molar-refractivity contribution in [3.63, 3.8) is 0 Å². The first kappa shape index (κ1) is 15.7. The molecular weight excluding hydrogens is 288 g/mol. The molecule has 120 valence electrons. The lowest BCUT2D eigenvalue weighted by atomic mass is 9.95. The monoisotopic (exact) mass is 310 g/mol. The van der Waals surface area contributed by atoms with Gasteiger partial charge in [-0.15, -0.1) is 0 Å². The number of fused-ring (bicyclic) bond motifs is 1. The number of carboxylic acid groups (broad SMARTS) is 1. The van der Waals surface area contributed by atoms with Gasteiger partial charge in [-0.3, -0.25) is 4.79 Å². The molecule has 1 aliphatic rings. The van der Waals surface area contributed by atoms with Crippen LogP contribution in [0.1, 0.15) is 16.7 Å². The third kappa shape index (κ3) is 4.18. The summed E-state index contributed by atoms with van der Waals surface area (Å²) in [5.74, 6) is -0.801. The third-order valence-electron chi connectivity index (χ3n) is 4.36. The first-order chi connectivity index (χ1) is 11.2. The summed E-state index contributed by atoms with van der Waals surface area (Å²) < 4.78 is 0. The van der Waals surface area contributed by atoms with Crippen molar-refractivity contribution in [2.45, 2.75) is 31.5 Å². The molecule has 4 nitrogen and oxygen atoms in total. The summed E-state index contributed by atoms with van der Waals surface area (Å²) in [6.45, 7) is 1.50. The van der Waals surface area contributed by atoms with Crippen LogP contribution in [-0.2, 0) is 24.2 Å². The zero-order valence-electron chi connectivity index (χ0n) is 13.0. The fourth-order valence-corrected chi connectivity index (χ4v) is 3.05. The lowest BCUT2D eigenvalue weighted by Crippen LogP contribution is -2.48. The molecule has 0 radical (unpaired) electrons. The minimum Gasteiger partial charge on any atom is -0.480 e. The molecule has 0 spiro atoms. The average Bonchev–Trinajstić information content (AvgIpc) is 2.59. The van der Waals surface area contributed by atoms with E-state index in [0.717, 1.165) is 18.5 Å². The first-order valence-electron chi connectivity index (χ1n) is 8.02. The minimum absolute atomic E-state index is 0.266. The molecule has 3 rings (SSSR count). The van der Waals surface area contributed by atoms with E-state index in [4.69, 9.17) is 0 Å². The zero-order valence-corrected chi connectivity index (χ0v) is 13.0. The van der Waals surface area contributed by atoms with Crippen LogP contribution >= 0.6 is 0 Å². The topological polar surface area (TPSA) is 61.4 Å². The van der Waals surface area contributed by atoms with Crippen LogP contribution in [0.15, 0.2) is 54.6 Å². The van der Waals surface area contributed by atoms with Crippen molar-refractivity contribution in [2.75, 3.05) is 6.54 Å². The van der Waals surface area contributed by atoms with Crippen LogP contribution in [0.2, 0.25) is 0 Å². The Morgan fingerprint density at radius 3 is 2.57 bits per heavy atom. The first-order valence-corrected chi connectivity index (χ1v) is 8.02. The second kappa shape index (κ2) is 7.40. The molecule has 0 bridgehead atoms. The van der Waals surface area contributed by atoms with Gasteiger partial charge in [0.15, 0.2) is 0 Å². The van der Waals surface area contributed by atoms with Crippen LogP contribution in [0.25, 0.3) is 0 Å². The number of hydrogen-bond donors (Lipinski definition) is 3. The van der Waals surface area contributed by atoms with Crippen LogP contribution in [0, 0.1) is 0 Å². The Morgan fingerprint density at radius 1 is 1.13 bits per heavy atom. The molecular formula is C19H22N2O2. The quantitative estimate of drug-likeness (QED) is 0.763. The molecule has 0 aliphatic carbocycles. The van der Waals surface area contributed by atoms with E-state index in [9.17, 15) is 9.90 Å². The minimum atomic E-state index is -0.801. The number of carboxylic acids is 1. The third-order valence-corrected chi connectivity index (χ3v) is 4.36. The fourth-order valence-electron chi connectivity index (χ4n) is 3.05. The molecule has 2 aromatic rings. The molecule has 0 saturated heterocycles. The molecule has 2 atom stereocenters. The number of nitrogens with one attached hydrogen (secondary N) is 2. The smallest absolute Gasteiger partial charge is 0.321 e. The Balaban J connectivity index is 1.56. The zero-order chi connectivity index (χ0) is 16.1. The molecule has 1 aliphatic heterocycles. The average molecular weight is 310 g/mol. The van der Waals surface area contributed by atoms with Gasteiger partial charge in [-0.1, -0.05) is 54.6 Å². The Hall–Kier alpha value is -2.17. The normalized spacial score (nSPS) is 18.2. The molecule has 0 fully saturated rings. The van der Waals surface area contributed by atoms with Gasteiger partial charge in [0.2, 0.25) is 0 Å². The predicted octanol–water partition coefficient (Wildman–Crippen LogP) is 1.99. The number of rotatable bonds is 6. The second-order valence-electron chi connectivity index (χ2n) is 6.04. The van der Waals surface area contributed by atoms with Crippen molar-refractivity contribution in [3.8, 4) is 0 Å². The van der Waals surface area contributed by atoms with Crippen molar-refractivity contribution < 1.29 is 9.90 Å². The molecule has 3 N–H and O–H groups in total. The molecule has 0 unspecified atom stereocenters. The van der Waals surface area contributed by atoms with Gasteiger partial charge in [0, 0.05) is 19.1 Å². The van der Waals surface area contributed by atoms with Crippen molar-refractivity contribution >= 4 is 5.97 Å². The van der Waals surface area contributed by atoms with E-state index in [2.05, 4.69) is 34.9 Å². The molecule has 4 heteroatoms. The Morgan fingerprint density at radius 2 is 1.83 bits per heavy atom. The maximum Gasteiger partial charge on any atom is 0.321 e. The summed E-state index contributed by atoms with van der Waals surface area (Å²) in [6, 6.07) is 17.9. The highest BCUT2D eigenvalue weighted by Crippen LogP contribution is 2.16.